The summed E-state index contributed by atoms with van der Waals surface area (Å²) in [5.74, 6) is -1.54. The van der Waals surface area contributed by atoms with Crippen LogP contribution in [0.3, 0.4) is 0 Å². The fraction of sp³-hybridized carbons (Fsp3) is 0.333. The van der Waals surface area contributed by atoms with E-state index in [1.807, 2.05) is 20.8 Å². The van der Waals surface area contributed by atoms with E-state index >= 15 is 0 Å². The Kier molecular flexibility index (Phi) is 11.2. The molecule has 3 rings (SSSR count). The topological polar surface area (TPSA) is 86.8 Å². The summed E-state index contributed by atoms with van der Waals surface area (Å²) in [5, 5.41) is 3.55. The third-order valence-corrected chi connectivity index (χ3v) is 9.25. The highest BCUT2D eigenvalue weighted by Crippen LogP contribution is 2.27. The highest BCUT2D eigenvalue weighted by atomic mass is 35.5. The van der Waals surface area contributed by atoms with Crippen LogP contribution in [-0.2, 0) is 26.2 Å². The largest absolute Gasteiger partial charge is 0.352 e. The van der Waals surface area contributed by atoms with Gasteiger partial charge in [0.05, 0.1) is 20.6 Å². The molecule has 2 atom stereocenters. The molecule has 7 nitrogen and oxygen atoms in total. The summed E-state index contributed by atoms with van der Waals surface area (Å²) in [6, 6.07) is 14.9. The van der Waals surface area contributed by atoms with Gasteiger partial charge in [-0.15, -0.1) is 0 Å². The van der Waals surface area contributed by atoms with E-state index in [2.05, 4.69) is 5.32 Å². The Morgan fingerprint density at radius 3 is 2.12 bits per heavy atom. The highest BCUT2D eigenvalue weighted by Gasteiger charge is 2.34. The van der Waals surface area contributed by atoms with Gasteiger partial charge in [0.2, 0.25) is 11.8 Å². The number of nitrogens with zero attached hydrogens (tertiary/aromatic N) is 2. The molecule has 0 aliphatic heterocycles. The van der Waals surface area contributed by atoms with E-state index in [-0.39, 0.29) is 40.5 Å². The van der Waals surface area contributed by atoms with Crippen molar-refractivity contribution in [2.45, 2.75) is 64.1 Å². The van der Waals surface area contributed by atoms with Crippen molar-refractivity contribution >= 4 is 50.7 Å². The van der Waals surface area contributed by atoms with E-state index in [0.29, 0.717) is 17.0 Å². The van der Waals surface area contributed by atoms with Gasteiger partial charge in [-0.05, 0) is 80.8 Å². The van der Waals surface area contributed by atoms with Crippen LogP contribution in [0.1, 0.15) is 44.7 Å². The van der Waals surface area contributed by atoms with Gasteiger partial charge in [-0.2, -0.15) is 0 Å². The number of anilines is 1. The van der Waals surface area contributed by atoms with Crippen LogP contribution in [0.4, 0.5) is 10.1 Å². The SMILES string of the molecule is CC[C@H](C(=O)N[C@@H](C)CC)N(Cc1ccc(Cl)c(Cl)c1)C(=O)CN(c1ccc(C)cc1)S(=O)(=O)c1ccc(F)cc1. The van der Waals surface area contributed by atoms with Crippen LogP contribution in [0.5, 0.6) is 0 Å². The van der Waals surface area contributed by atoms with Crippen molar-refractivity contribution in [3.05, 3.63) is 93.7 Å². The molecule has 0 radical (unpaired) electrons. The first-order valence-corrected chi connectivity index (χ1v) is 15.5. The lowest BCUT2D eigenvalue weighted by Crippen LogP contribution is -2.53. The maximum atomic E-state index is 14.1. The maximum Gasteiger partial charge on any atom is 0.264 e. The molecule has 0 fully saturated rings. The van der Waals surface area contributed by atoms with Gasteiger partial charge in [0.25, 0.3) is 10.0 Å². The molecule has 3 aromatic rings. The van der Waals surface area contributed by atoms with Gasteiger partial charge in [-0.1, -0.05) is 60.8 Å². The average molecular weight is 623 g/mol. The van der Waals surface area contributed by atoms with Crippen molar-refractivity contribution in [3.8, 4) is 0 Å². The molecule has 0 aromatic heterocycles. The molecule has 0 saturated carbocycles. The molecule has 0 saturated heterocycles. The monoisotopic (exact) mass is 621 g/mol. The molecule has 3 aromatic carbocycles. The van der Waals surface area contributed by atoms with Gasteiger partial charge >= 0.3 is 0 Å². The van der Waals surface area contributed by atoms with Crippen LogP contribution in [0, 0.1) is 12.7 Å². The quantitative estimate of drug-likeness (QED) is 0.255. The second-order valence-electron chi connectivity index (χ2n) is 9.81. The summed E-state index contributed by atoms with van der Waals surface area (Å²) in [5.41, 5.74) is 1.76. The fourth-order valence-corrected chi connectivity index (χ4v) is 5.90. The molecule has 0 aliphatic rings. The van der Waals surface area contributed by atoms with Gasteiger partial charge in [-0.25, -0.2) is 12.8 Å². The molecule has 1 N–H and O–H groups in total. The maximum absolute atomic E-state index is 14.1. The number of carbonyl (C=O) groups is 2. The molecule has 0 bridgehead atoms. The minimum atomic E-state index is -4.29. The predicted octanol–water partition coefficient (Wildman–Crippen LogP) is 6.36. The Morgan fingerprint density at radius 1 is 0.927 bits per heavy atom. The van der Waals surface area contributed by atoms with Crippen molar-refractivity contribution in [1.29, 1.82) is 0 Å². The van der Waals surface area contributed by atoms with Crippen molar-refractivity contribution in [1.82, 2.24) is 10.2 Å². The average Bonchev–Trinajstić information content (AvgIpc) is 2.94. The number of nitrogens with one attached hydrogen (secondary N) is 1. The Bertz CT molecular complexity index is 1470. The first-order chi connectivity index (χ1) is 19.4. The molecule has 11 heteroatoms. The lowest BCUT2D eigenvalue weighted by molar-refractivity contribution is -0.140. The summed E-state index contributed by atoms with van der Waals surface area (Å²) < 4.78 is 42.2. The fourth-order valence-electron chi connectivity index (χ4n) is 4.17. The van der Waals surface area contributed by atoms with Crippen LogP contribution >= 0.6 is 23.2 Å². The summed E-state index contributed by atoms with van der Waals surface area (Å²) in [6.45, 7) is 6.82. The Balaban J connectivity index is 2.07. The Morgan fingerprint density at radius 2 is 1.56 bits per heavy atom. The summed E-state index contributed by atoms with van der Waals surface area (Å²) >= 11 is 12.3. The van der Waals surface area contributed by atoms with Crippen molar-refractivity contribution in [2.75, 3.05) is 10.8 Å². The van der Waals surface area contributed by atoms with E-state index in [0.717, 1.165) is 34.1 Å². The van der Waals surface area contributed by atoms with Gasteiger partial charge in [0.15, 0.2) is 0 Å². The van der Waals surface area contributed by atoms with Crippen molar-refractivity contribution < 1.29 is 22.4 Å². The van der Waals surface area contributed by atoms with Gasteiger partial charge < -0.3 is 10.2 Å². The number of aryl methyl sites for hydroxylation is 1. The molecule has 0 spiro atoms. The lowest BCUT2D eigenvalue weighted by Gasteiger charge is -2.33. The number of sulfonamides is 1. The van der Waals surface area contributed by atoms with Gasteiger partial charge in [0.1, 0.15) is 18.4 Å². The lowest BCUT2D eigenvalue weighted by atomic mass is 10.1. The summed E-state index contributed by atoms with van der Waals surface area (Å²) in [7, 11) is -4.29. The number of rotatable bonds is 12. The first kappa shape index (κ1) is 32.4. The predicted molar refractivity (Wildman–Crippen MR) is 161 cm³/mol. The zero-order valence-electron chi connectivity index (χ0n) is 23.4. The molecule has 2 amide bonds. The van der Waals surface area contributed by atoms with Gasteiger partial charge in [0, 0.05) is 12.6 Å². The smallest absolute Gasteiger partial charge is 0.264 e. The molecule has 220 valence electrons. The standard InChI is InChI=1S/C30H34Cl2FN3O4S/c1-5-21(4)34-30(38)28(6-2)35(18-22-9-16-26(31)27(32)17-22)29(37)19-36(24-12-7-20(3)8-13-24)41(39,40)25-14-10-23(33)11-15-25/h7-17,21,28H,5-6,18-19H2,1-4H3,(H,34,38)/t21-,28+/m0/s1. The van der Waals surface area contributed by atoms with E-state index in [9.17, 15) is 22.4 Å². The zero-order chi connectivity index (χ0) is 30.3. The van der Waals surface area contributed by atoms with Gasteiger partial charge in [-0.3, -0.25) is 13.9 Å². The summed E-state index contributed by atoms with van der Waals surface area (Å²) in [4.78, 5) is 28.6. The van der Waals surface area contributed by atoms with Crippen LogP contribution in [0.25, 0.3) is 0 Å². The molecular weight excluding hydrogens is 588 g/mol. The molecule has 41 heavy (non-hydrogen) atoms. The minimum Gasteiger partial charge on any atom is -0.352 e. The number of carbonyl (C=O) groups excluding carboxylic acids is 2. The van der Waals surface area contributed by atoms with E-state index in [4.69, 9.17) is 23.2 Å². The number of benzene rings is 3. The molecule has 0 unspecified atom stereocenters. The number of hydrogen-bond acceptors (Lipinski definition) is 4. The Hall–Kier alpha value is -3.14. The van der Waals surface area contributed by atoms with E-state index in [1.54, 1.807) is 49.4 Å². The molecule has 0 heterocycles. The highest BCUT2D eigenvalue weighted by molar-refractivity contribution is 7.92. The normalized spacial score (nSPS) is 12.9. The number of hydrogen-bond donors (Lipinski definition) is 1. The van der Waals surface area contributed by atoms with Crippen LogP contribution in [0.2, 0.25) is 10.0 Å². The minimum absolute atomic E-state index is 0.0134. The second-order valence-corrected chi connectivity index (χ2v) is 12.5. The zero-order valence-corrected chi connectivity index (χ0v) is 25.7. The van der Waals surface area contributed by atoms with E-state index in [1.165, 1.54) is 4.90 Å². The Labute approximate surface area is 251 Å². The third kappa shape index (κ3) is 8.21. The van der Waals surface area contributed by atoms with Crippen LogP contribution in [0.15, 0.2) is 71.6 Å². The summed E-state index contributed by atoms with van der Waals surface area (Å²) in [6.07, 6.45) is 0.977. The third-order valence-electron chi connectivity index (χ3n) is 6.73. The molecule has 0 aliphatic carbocycles. The van der Waals surface area contributed by atoms with Crippen molar-refractivity contribution in [3.63, 3.8) is 0 Å². The van der Waals surface area contributed by atoms with Crippen molar-refractivity contribution in [2.24, 2.45) is 0 Å². The van der Waals surface area contributed by atoms with Crippen LogP contribution < -0.4 is 9.62 Å². The number of amides is 2. The van der Waals surface area contributed by atoms with Crippen LogP contribution in [-0.4, -0.2) is 43.8 Å². The number of halogens is 3. The van der Waals surface area contributed by atoms with E-state index < -0.39 is 34.3 Å². The second kappa shape index (κ2) is 14.2. The first-order valence-electron chi connectivity index (χ1n) is 13.3. The molecular formula is C30H34Cl2FN3O4S.